The van der Waals surface area contributed by atoms with E-state index in [1.807, 2.05) is 0 Å². The minimum absolute atomic E-state index is 0.0512. The summed E-state index contributed by atoms with van der Waals surface area (Å²) >= 11 is 5.89. The van der Waals surface area contributed by atoms with Gasteiger partial charge in [-0.3, -0.25) is 4.79 Å². The Labute approximate surface area is 121 Å². The molecule has 0 saturated heterocycles. The van der Waals surface area contributed by atoms with E-state index in [1.54, 1.807) is 24.3 Å². The predicted octanol–water partition coefficient (Wildman–Crippen LogP) is 3.35. The molecule has 0 spiro atoms. The third-order valence-electron chi connectivity index (χ3n) is 2.72. The molecule has 2 aromatic rings. The van der Waals surface area contributed by atoms with Gasteiger partial charge in [0.1, 0.15) is 12.4 Å². The van der Waals surface area contributed by atoms with Gasteiger partial charge >= 0.3 is 5.97 Å². The van der Waals surface area contributed by atoms with Crippen LogP contribution in [0.4, 0.5) is 10.1 Å². The number of hydrogen-bond donors (Lipinski definition) is 1. The molecule has 0 fully saturated rings. The fourth-order valence-electron chi connectivity index (χ4n) is 1.67. The highest BCUT2D eigenvalue weighted by molar-refractivity contribution is 6.31. The van der Waals surface area contributed by atoms with Crippen LogP contribution in [-0.2, 0) is 22.6 Å². The Morgan fingerprint density at radius 3 is 2.60 bits per heavy atom. The molecule has 2 aromatic carbocycles. The Hall–Kier alpha value is -2.07. The largest absolute Gasteiger partial charge is 0.460 e. The summed E-state index contributed by atoms with van der Waals surface area (Å²) in [5.74, 6) is -0.825. The van der Waals surface area contributed by atoms with Gasteiger partial charge in [-0.2, -0.15) is 0 Å². The van der Waals surface area contributed by atoms with E-state index in [-0.39, 0.29) is 13.0 Å². The molecule has 2 rings (SSSR count). The van der Waals surface area contributed by atoms with Crippen molar-refractivity contribution in [1.29, 1.82) is 0 Å². The van der Waals surface area contributed by atoms with Crippen LogP contribution < -0.4 is 5.73 Å². The molecule has 0 bridgehead atoms. The fraction of sp³-hybridized carbons (Fsp3) is 0.133. The third kappa shape index (κ3) is 3.96. The average Bonchev–Trinajstić information content (AvgIpc) is 2.42. The van der Waals surface area contributed by atoms with Crippen molar-refractivity contribution < 1.29 is 13.9 Å². The van der Waals surface area contributed by atoms with Gasteiger partial charge in [0.05, 0.1) is 6.42 Å². The second kappa shape index (κ2) is 6.39. The van der Waals surface area contributed by atoms with Crippen molar-refractivity contribution in [1.82, 2.24) is 0 Å². The normalized spacial score (nSPS) is 10.3. The zero-order valence-corrected chi connectivity index (χ0v) is 11.4. The van der Waals surface area contributed by atoms with Gasteiger partial charge in [-0.1, -0.05) is 23.7 Å². The van der Waals surface area contributed by atoms with E-state index in [0.29, 0.717) is 16.3 Å². The second-order valence-corrected chi connectivity index (χ2v) is 4.72. The van der Waals surface area contributed by atoms with Crippen LogP contribution in [0.5, 0.6) is 0 Å². The molecule has 104 valence electrons. The van der Waals surface area contributed by atoms with E-state index in [4.69, 9.17) is 22.1 Å². The highest BCUT2D eigenvalue weighted by Crippen LogP contribution is 2.18. The first-order chi connectivity index (χ1) is 9.54. The van der Waals surface area contributed by atoms with Crippen molar-refractivity contribution in [2.24, 2.45) is 0 Å². The number of carbonyl (C=O) groups excluding carboxylic acids is 1. The number of nitrogen functional groups attached to an aromatic ring is 1. The number of nitrogens with two attached hydrogens (primary N) is 1. The molecule has 0 aliphatic heterocycles. The van der Waals surface area contributed by atoms with Crippen LogP contribution in [0.3, 0.4) is 0 Å². The number of ether oxygens (including phenoxy) is 1. The zero-order valence-electron chi connectivity index (χ0n) is 10.6. The summed E-state index contributed by atoms with van der Waals surface area (Å²) in [6.45, 7) is -0.0512. The minimum atomic E-state index is -0.418. The predicted molar refractivity (Wildman–Crippen MR) is 75.8 cm³/mol. The van der Waals surface area contributed by atoms with Crippen LogP contribution in [-0.4, -0.2) is 5.97 Å². The van der Waals surface area contributed by atoms with Crippen LogP contribution in [0.2, 0.25) is 5.02 Å². The monoisotopic (exact) mass is 293 g/mol. The van der Waals surface area contributed by atoms with Gasteiger partial charge in [0.25, 0.3) is 0 Å². The summed E-state index contributed by atoms with van der Waals surface area (Å²) < 4.78 is 18.1. The standard InChI is InChI=1S/C15H13ClFNO2/c16-14-6-3-12(17)8-11(14)9-20-15(19)7-10-1-4-13(18)5-2-10/h1-6,8H,7,9,18H2. The Bertz CT molecular complexity index is 614. The lowest BCUT2D eigenvalue weighted by atomic mass is 10.1. The SMILES string of the molecule is Nc1ccc(CC(=O)OCc2cc(F)ccc2Cl)cc1. The summed E-state index contributed by atoms with van der Waals surface area (Å²) in [7, 11) is 0. The van der Waals surface area contributed by atoms with Gasteiger partial charge in [0, 0.05) is 16.3 Å². The van der Waals surface area contributed by atoms with Crippen molar-refractivity contribution in [2.75, 3.05) is 5.73 Å². The summed E-state index contributed by atoms with van der Waals surface area (Å²) in [6, 6.07) is 10.9. The van der Waals surface area contributed by atoms with Crippen LogP contribution >= 0.6 is 11.6 Å². The van der Waals surface area contributed by atoms with E-state index >= 15 is 0 Å². The Kier molecular flexibility index (Phi) is 4.58. The van der Waals surface area contributed by atoms with E-state index in [2.05, 4.69) is 0 Å². The Morgan fingerprint density at radius 2 is 1.90 bits per heavy atom. The van der Waals surface area contributed by atoms with Crippen molar-refractivity contribution >= 4 is 23.3 Å². The molecule has 0 heterocycles. The third-order valence-corrected chi connectivity index (χ3v) is 3.09. The van der Waals surface area contributed by atoms with Gasteiger partial charge in [0.2, 0.25) is 0 Å². The smallest absolute Gasteiger partial charge is 0.310 e. The molecule has 3 nitrogen and oxygen atoms in total. The molecule has 0 amide bonds. The van der Waals surface area contributed by atoms with Crippen molar-refractivity contribution in [2.45, 2.75) is 13.0 Å². The van der Waals surface area contributed by atoms with Crippen LogP contribution in [0.15, 0.2) is 42.5 Å². The molecule has 0 saturated carbocycles. The molecule has 0 aromatic heterocycles. The fourth-order valence-corrected chi connectivity index (χ4v) is 1.84. The van der Waals surface area contributed by atoms with Crippen LogP contribution in [0, 0.1) is 5.82 Å². The first-order valence-electron chi connectivity index (χ1n) is 5.98. The molecule has 0 atom stereocenters. The summed E-state index contributed by atoms with van der Waals surface area (Å²) in [5.41, 5.74) is 7.43. The first kappa shape index (κ1) is 14.3. The maximum atomic E-state index is 13.0. The second-order valence-electron chi connectivity index (χ2n) is 4.31. The zero-order chi connectivity index (χ0) is 14.5. The molecular weight excluding hydrogens is 281 g/mol. The average molecular weight is 294 g/mol. The number of esters is 1. The Balaban J connectivity index is 1.92. The maximum absolute atomic E-state index is 13.0. The number of carbonyl (C=O) groups is 1. The van der Waals surface area contributed by atoms with E-state index in [1.165, 1.54) is 18.2 Å². The van der Waals surface area contributed by atoms with Crippen LogP contribution in [0.25, 0.3) is 0 Å². The number of anilines is 1. The number of rotatable bonds is 4. The molecular formula is C15H13ClFNO2. The molecule has 2 N–H and O–H groups in total. The van der Waals surface area contributed by atoms with Crippen LogP contribution in [0.1, 0.15) is 11.1 Å². The van der Waals surface area contributed by atoms with E-state index in [0.717, 1.165) is 5.56 Å². The lowest BCUT2D eigenvalue weighted by Crippen LogP contribution is -2.08. The number of benzene rings is 2. The summed E-state index contributed by atoms with van der Waals surface area (Å²) in [5, 5.41) is 0.367. The number of halogens is 2. The van der Waals surface area contributed by atoms with Gasteiger partial charge in [0.15, 0.2) is 0 Å². The van der Waals surface area contributed by atoms with Gasteiger partial charge in [-0.15, -0.1) is 0 Å². The molecule has 0 aliphatic rings. The maximum Gasteiger partial charge on any atom is 0.310 e. The molecule has 0 aliphatic carbocycles. The lowest BCUT2D eigenvalue weighted by Gasteiger charge is -2.07. The highest BCUT2D eigenvalue weighted by atomic mass is 35.5. The van der Waals surface area contributed by atoms with Gasteiger partial charge in [-0.25, -0.2) is 4.39 Å². The van der Waals surface area contributed by atoms with Crippen molar-refractivity contribution in [3.63, 3.8) is 0 Å². The first-order valence-corrected chi connectivity index (χ1v) is 6.36. The number of hydrogen-bond acceptors (Lipinski definition) is 3. The van der Waals surface area contributed by atoms with Gasteiger partial charge in [-0.05, 0) is 35.9 Å². The highest BCUT2D eigenvalue weighted by Gasteiger charge is 2.08. The summed E-state index contributed by atoms with van der Waals surface area (Å²) in [6.07, 6.45) is 0.132. The van der Waals surface area contributed by atoms with Gasteiger partial charge < -0.3 is 10.5 Å². The minimum Gasteiger partial charge on any atom is -0.460 e. The van der Waals surface area contributed by atoms with E-state index in [9.17, 15) is 9.18 Å². The van der Waals surface area contributed by atoms with Crippen molar-refractivity contribution in [3.8, 4) is 0 Å². The molecule has 20 heavy (non-hydrogen) atoms. The Morgan fingerprint density at radius 1 is 1.20 bits per heavy atom. The quantitative estimate of drug-likeness (QED) is 0.695. The van der Waals surface area contributed by atoms with E-state index < -0.39 is 11.8 Å². The summed E-state index contributed by atoms with van der Waals surface area (Å²) in [4.78, 5) is 11.7. The topological polar surface area (TPSA) is 52.3 Å². The molecule has 0 unspecified atom stereocenters. The molecule has 0 radical (unpaired) electrons. The van der Waals surface area contributed by atoms with Crippen molar-refractivity contribution in [3.05, 3.63) is 64.4 Å². The molecule has 5 heteroatoms. The lowest BCUT2D eigenvalue weighted by molar-refractivity contribution is -0.144.